The van der Waals surface area contributed by atoms with Crippen LogP contribution in [-0.2, 0) is 46.9 Å². The van der Waals surface area contributed by atoms with E-state index in [2.05, 4.69) is 14.9 Å². The lowest BCUT2D eigenvalue weighted by Crippen LogP contribution is -2.41. The van der Waals surface area contributed by atoms with Crippen LogP contribution in [0.2, 0.25) is 0 Å². The SMILES string of the molecule is Cc1oc(=O)oc1COC(=O)C[C@@H]1Cc2ccc(OCCc3cn4c(n3)NCCC4)cc2CN(CC(F)(F)F)C1=O. The molecule has 0 saturated heterocycles. The number of halogens is 3. The van der Waals surface area contributed by atoms with Crippen molar-refractivity contribution in [2.75, 3.05) is 25.0 Å². The minimum atomic E-state index is -4.63. The molecule has 4 heterocycles. The summed E-state index contributed by atoms with van der Waals surface area (Å²) in [5, 5.41) is 3.24. The van der Waals surface area contributed by atoms with Gasteiger partial charge in [0, 0.05) is 32.3 Å². The normalized spacial score (nSPS) is 16.9. The second kappa shape index (κ2) is 11.7. The summed E-state index contributed by atoms with van der Waals surface area (Å²) in [6.45, 7) is 1.39. The molecule has 3 aromatic rings. The summed E-state index contributed by atoms with van der Waals surface area (Å²) in [5.74, 6) is -2.22. The molecule has 2 aliphatic heterocycles. The molecule has 1 N–H and O–H groups in total. The van der Waals surface area contributed by atoms with Crippen molar-refractivity contribution in [1.82, 2.24) is 14.5 Å². The van der Waals surface area contributed by atoms with Gasteiger partial charge in [0.2, 0.25) is 11.9 Å². The fourth-order valence-corrected chi connectivity index (χ4v) is 4.98. The lowest BCUT2D eigenvalue weighted by atomic mass is 9.94. The highest BCUT2D eigenvalue weighted by molar-refractivity contribution is 5.84. The Morgan fingerprint density at radius 1 is 1.22 bits per heavy atom. The molecule has 41 heavy (non-hydrogen) atoms. The van der Waals surface area contributed by atoms with E-state index in [4.69, 9.17) is 18.3 Å². The molecule has 0 unspecified atom stereocenters. The van der Waals surface area contributed by atoms with E-state index in [-0.39, 0.29) is 24.5 Å². The molecule has 2 aromatic heterocycles. The molecule has 2 aliphatic rings. The van der Waals surface area contributed by atoms with Gasteiger partial charge < -0.3 is 33.1 Å². The average molecular weight is 579 g/mol. The molecule has 0 saturated carbocycles. The van der Waals surface area contributed by atoms with E-state index in [1.54, 1.807) is 18.2 Å². The van der Waals surface area contributed by atoms with Crippen LogP contribution in [-0.4, -0.2) is 52.2 Å². The summed E-state index contributed by atoms with van der Waals surface area (Å²) in [7, 11) is 0. The molecule has 5 rings (SSSR count). The van der Waals surface area contributed by atoms with Crippen LogP contribution < -0.4 is 15.9 Å². The van der Waals surface area contributed by atoms with E-state index in [0.29, 0.717) is 34.8 Å². The number of aryl methyl sites for hydroxylation is 2. The molecule has 11 nitrogen and oxygen atoms in total. The Balaban J connectivity index is 1.26. The zero-order chi connectivity index (χ0) is 29.1. The van der Waals surface area contributed by atoms with Crippen LogP contribution in [0.4, 0.5) is 19.1 Å². The number of imidazole rings is 1. The maximum absolute atomic E-state index is 13.4. The first-order chi connectivity index (χ1) is 19.5. The molecule has 1 amide bonds. The average Bonchev–Trinajstić information content (AvgIpc) is 3.44. The van der Waals surface area contributed by atoms with Crippen LogP contribution in [0.15, 0.2) is 38.0 Å². The Labute approximate surface area is 232 Å². The molecule has 1 aromatic carbocycles. The number of ether oxygens (including phenoxy) is 2. The smallest absolute Gasteiger partial charge is 0.493 e. The minimum absolute atomic E-state index is 0.0105. The van der Waals surface area contributed by atoms with Gasteiger partial charge in [0.15, 0.2) is 18.1 Å². The number of aromatic nitrogens is 2. The molecule has 0 spiro atoms. The van der Waals surface area contributed by atoms with Crippen molar-refractivity contribution in [1.29, 1.82) is 0 Å². The maximum Gasteiger partial charge on any atom is 0.519 e. The number of esters is 1. The Hall–Kier alpha value is -4.23. The fourth-order valence-electron chi connectivity index (χ4n) is 4.98. The number of amides is 1. The number of nitrogens with one attached hydrogen (secondary N) is 1. The van der Waals surface area contributed by atoms with Crippen molar-refractivity contribution in [2.24, 2.45) is 5.92 Å². The number of hydrogen-bond acceptors (Lipinski definition) is 9. The number of rotatable bonds is 9. The van der Waals surface area contributed by atoms with E-state index in [0.717, 1.165) is 31.2 Å². The van der Waals surface area contributed by atoms with Gasteiger partial charge >= 0.3 is 18.0 Å². The van der Waals surface area contributed by atoms with Crippen molar-refractivity contribution in [3.05, 3.63) is 63.4 Å². The number of alkyl halides is 3. The summed E-state index contributed by atoms with van der Waals surface area (Å²) in [6, 6.07) is 5.04. The molecular weight excluding hydrogens is 549 g/mol. The molecule has 0 bridgehead atoms. The highest BCUT2D eigenvalue weighted by atomic mass is 19.4. The zero-order valence-electron chi connectivity index (χ0n) is 22.3. The molecule has 0 fully saturated rings. The third kappa shape index (κ3) is 7.11. The van der Waals surface area contributed by atoms with Gasteiger partial charge in [0.25, 0.3) is 0 Å². The molecule has 0 radical (unpaired) electrons. The van der Waals surface area contributed by atoms with Gasteiger partial charge in [-0.15, -0.1) is 0 Å². The second-order valence-corrected chi connectivity index (χ2v) is 10.1. The highest BCUT2D eigenvalue weighted by Crippen LogP contribution is 2.30. The first-order valence-corrected chi connectivity index (χ1v) is 13.2. The lowest BCUT2D eigenvalue weighted by molar-refractivity contribution is -0.166. The number of nitrogens with zero attached hydrogens (tertiary/aromatic N) is 3. The Morgan fingerprint density at radius 3 is 2.78 bits per heavy atom. The van der Waals surface area contributed by atoms with Crippen LogP contribution in [0, 0.1) is 12.8 Å². The summed E-state index contributed by atoms with van der Waals surface area (Å²) < 4.78 is 62.7. The highest BCUT2D eigenvalue weighted by Gasteiger charge is 2.38. The van der Waals surface area contributed by atoms with Crippen molar-refractivity contribution in [3.63, 3.8) is 0 Å². The molecule has 0 aliphatic carbocycles. The number of anilines is 1. The maximum atomic E-state index is 13.4. The van der Waals surface area contributed by atoms with E-state index >= 15 is 0 Å². The molecule has 14 heteroatoms. The summed E-state index contributed by atoms with van der Waals surface area (Å²) in [5.41, 5.74) is 2.01. The van der Waals surface area contributed by atoms with E-state index in [9.17, 15) is 27.6 Å². The van der Waals surface area contributed by atoms with Crippen LogP contribution >= 0.6 is 0 Å². The van der Waals surface area contributed by atoms with Gasteiger partial charge in [-0.3, -0.25) is 9.59 Å². The molecule has 1 atom stereocenters. The second-order valence-electron chi connectivity index (χ2n) is 10.1. The summed E-state index contributed by atoms with van der Waals surface area (Å²) >= 11 is 0. The van der Waals surface area contributed by atoms with Gasteiger partial charge in [-0.05, 0) is 43.0 Å². The zero-order valence-corrected chi connectivity index (χ0v) is 22.3. The van der Waals surface area contributed by atoms with Gasteiger partial charge in [0.1, 0.15) is 12.3 Å². The quantitative estimate of drug-likeness (QED) is 0.380. The number of fused-ring (bicyclic) bond motifs is 2. The first-order valence-electron chi connectivity index (χ1n) is 13.2. The Bertz CT molecular complexity index is 1450. The number of carbonyl (C=O) groups excluding carboxylic acids is 2. The standard InChI is InChI=1S/C27H29F3N4O7/c1-16-22(41-26(37)40-16)14-39-23(35)11-18-9-17-3-4-21(10-19(17)12-34(24(18)36)15-27(28,29)30)38-8-5-20-13-33-7-2-6-31-25(33)32-20/h3-4,10,13,18H,2,5-9,11-12,14-15H2,1H3,(H,31,32)/t18-/m0/s1. The van der Waals surface area contributed by atoms with Crippen LogP contribution in [0.3, 0.4) is 0 Å². The number of carbonyl (C=O) groups is 2. The summed E-state index contributed by atoms with van der Waals surface area (Å²) in [6.07, 6.45) is -1.49. The predicted octanol–water partition coefficient (Wildman–Crippen LogP) is 3.37. The van der Waals surface area contributed by atoms with Crippen molar-refractivity contribution >= 4 is 17.8 Å². The van der Waals surface area contributed by atoms with Gasteiger partial charge in [-0.25, -0.2) is 9.78 Å². The van der Waals surface area contributed by atoms with Gasteiger partial charge in [-0.2, -0.15) is 13.2 Å². The fraction of sp³-hybridized carbons (Fsp3) is 0.481. The number of benzene rings is 1. The van der Waals surface area contributed by atoms with Crippen LogP contribution in [0.25, 0.3) is 0 Å². The van der Waals surface area contributed by atoms with Crippen molar-refractivity contribution in [3.8, 4) is 5.75 Å². The Kier molecular flexibility index (Phi) is 8.08. The molecular formula is C27H29F3N4O7. The minimum Gasteiger partial charge on any atom is -0.493 e. The first kappa shape index (κ1) is 28.3. The Morgan fingerprint density at radius 2 is 2.05 bits per heavy atom. The van der Waals surface area contributed by atoms with E-state index in [1.807, 2.05) is 6.20 Å². The van der Waals surface area contributed by atoms with Gasteiger partial charge in [0.05, 0.1) is 24.6 Å². The van der Waals surface area contributed by atoms with E-state index in [1.165, 1.54) is 6.92 Å². The third-order valence-electron chi connectivity index (χ3n) is 6.96. The summed E-state index contributed by atoms with van der Waals surface area (Å²) in [4.78, 5) is 42.1. The predicted molar refractivity (Wildman–Crippen MR) is 136 cm³/mol. The van der Waals surface area contributed by atoms with Crippen molar-refractivity contribution in [2.45, 2.75) is 58.5 Å². The van der Waals surface area contributed by atoms with Crippen LogP contribution in [0.1, 0.15) is 41.2 Å². The van der Waals surface area contributed by atoms with Crippen LogP contribution in [0.5, 0.6) is 5.75 Å². The third-order valence-corrected chi connectivity index (χ3v) is 6.96. The number of hydrogen-bond donors (Lipinski definition) is 1. The van der Waals surface area contributed by atoms with Gasteiger partial charge in [-0.1, -0.05) is 6.07 Å². The lowest BCUT2D eigenvalue weighted by Gasteiger charge is -2.25. The topological polar surface area (TPSA) is 129 Å². The largest absolute Gasteiger partial charge is 0.519 e. The van der Waals surface area contributed by atoms with Crippen molar-refractivity contribution < 1.29 is 41.1 Å². The van der Waals surface area contributed by atoms with E-state index < -0.39 is 49.4 Å². The molecule has 220 valence electrons. The monoisotopic (exact) mass is 578 g/mol.